The number of nitrogens with one attached hydrogen (secondary N) is 1. The number of benzene rings is 1. The number of hydrogen-bond donors (Lipinski definition) is 1. The summed E-state index contributed by atoms with van der Waals surface area (Å²) < 4.78 is 0. The molecule has 1 aromatic carbocycles. The molecule has 21 heavy (non-hydrogen) atoms. The fourth-order valence-electron chi connectivity index (χ4n) is 2.61. The molecule has 3 rings (SSSR count). The molecule has 0 unspecified atom stereocenters. The molecule has 3 nitrogen and oxygen atoms in total. The summed E-state index contributed by atoms with van der Waals surface area (Å²) >= 11 is 0. The molecule has 0 amide bonds. The molecule has 0 saturated carbocycles. The van der Waals surface area contributed by atoms with Gasteiger partial charge in [0, 0.05) is 29.0 Å². The van der Waals surface area contributed by atoms with Gasteiger partial charge in [0.15, 0.2) is 0 Å². The first-order valence-corrected chi connectivity index (χ1v) is 7.46. The van der Waals surface area contributed by atoms with Crippen LogP contribution in [0.25, 0.3) is 10.9 Å². The summed E-state index contributed by atoms with van der Waals surface area (Å²) in [5.41, 5.74) is 3.54. The molecule has 1 aliphatic rings. The minimum atomic E-state index is 0.438. The van der Waals surface area contributed by atoms with Crippen molar-refractivity contribution < 1.29 is 0 Å². The zero-order chi connectivity index (χ0) is 14.7. The van der Waals surface area contributed by atoms with Crippen molar-refractivity contribution in [3.8, 4) is 0 Å². The summed E-state index contributed by atoms with van der Waals surface area (Å²) in [7, 11) is 0. The summed E-state index contributed by atoms with van der Waals surface area (Å²) in [6, 6.07) is 11.0. The molecule has 1 aliphatic heterocycles. The average molecular weight is 279 g/mol. The maximum atomic E-state index is 4.39. The standard InChI is InChI=1S/C18H21N3/c1-14(2)21(13-16-7-3-4-10-19-16)17-8-9-18-15(12-17)6-5-11-20-18/h4-12,14,19H,3,13H2,1-2H3. The van der Waals surface area contributed by atoms with E-state index in [-0.39, 0.29) is 0 Å². The predicted molar refractivity (Wildman–Crippen MR) is 89.2 cm³/mol. The number of allylic oxidation sites excluding steroid dienone is 2. The Morgan fingerprint density at radius 1 is 1.29 bits per heavy atom. The number of aromatic nitrogens is 1. The van der Waals surface area contributed by atoms with Crippen LogP contribution in [0.4, 0.5) is 5.69 Å². The molecule has 0 aliphatic carbocycles. The average Bonchev–Trinajstić information content (AvgIpc) is 2.53. The van der Waals surface area contributed by atoms with Crippen LogP contribution < -0.4 is 10.2 Å². The van der Waals surface area contributed by atoms with Gasteiger partial charge in [0.25, 0.3) is 0 Å². The Kier molecular flexibility index (Phi) is 3.91. The fourth-order valence-corrected chi connectivity index (χ4v) is 2.61. The maximum absolute atomic E-state index is 4.39. The third-order valence-electron chi connectivity index (χ3n) is 3.77. The summed E-state index contributed by atoms with van der Waals surface area (Å²) in [4.78, 5) is 6.80. The van der Waals surface area contributed by atoms with Gasteiger partial charge in [-0.2, -0.15) is 0 Å². The van der Waals surface area contributed by atoms with Crippen molar-refractivity contribution in [3.05, 3.63) is 60.6 Å². The summed E-state index contributed by atoms with van der Waals surface area (Å²) in [5, 5.41) is 4.52. The van der Waals surface area contributed by atoms with E-state index in [1.54, 1.807) is 0 Å². The first-order valence-electron chi connectivity index (χ1n) is 7.46. The topological polar surface area (TPSA) is 28.2 Å². The van der Waals surface area contributed by atoms with Gasteiger partial charge in [-0.3, -0.25) is 4.98 Å². The van der Waals surface area contributed by atoms with Gasteiger partial charge in [0.2, 0.25) is 0 Å². The number of fused-ring (bicyclic) bond motifs is 1. The van der Waals surface area contributed by atoms with Gasteiger partial charge in [0.05, 0.1) is 12.1 Å². The number of dihydropyridines is 1. The molecule has 0 spiro atoms. The Morgan fingerprint density at radius 3 is 2.95 bits per heavy atom. The van der Waals surface area contributed by atoms with Crippen molar-refractivity contribution in [3.63, 3.8) is 0 Å². The monoisotopic (exact) mass is 279 g/mol. The van der Waals surface area contributed by atoms with Gasteiger partial charge < -0.3 is 10.2 Å². The second-order valence-electron chi connectivity index (χ2n) is 5.61. The van der Waals surface area contributed by atoms with Crippen LogP contribution in [-0.2, 0) is 0 Å². The second-order valence-corrected chi connectivity index (χ2v) is 5.61. The highest BCUT2D eigenvalue weighted by Crippen LogP contribution is 2.23. The largest absolute Gasteiger partial charge is 0.364 e. The van der Waals surface area contributed by atoms with Gasteiger partial charge in [-0.1, -0.05) is 18.2 Å². The molecule has 0 saturated heterocycles. The Labute approximate surface area is 126 Å². The van der Waals surface area contributed by atoms with Gasteiger partial charge in [0.1, 0.15) is 0 Å². The van der Waals surface area contributed by atoms with Crippen molar-refractivity contribution in [2.45, 2.75) is 26.3 Å². The van der Waals surface area contributed by atoms with Gasteiger partial charge in [-0.25, -0.2) is 0 Å². The molecule has 2 heterocycles. The zero-order valence-corrected chi connectivity index (χ0v) is 12.6. The van der Waals surface area contributed by atoms with E-state index in [0.717, 1.165) is 18.5 Å². The van der Waals surface area contributed by atoms with Crippen LogP contribution in [0, 0.1) is 0 Å². The highest BCUT2D eigenvalue weighted by atomic mass is 15.2. The number of nitrogens with zero attached hydrogens (tertiary/aromatic N) is 2. The van der Waals surface area contributed by atoms with E-state index in [1.807, 2.05) is 18.5 Å². The van der Waals surface area contributed by atoms with Crippen LogP contribution in [0.5, 0.6) is 0 Å². The lowest BCUT2D eigenvalue weighted by Crippen LogP contribution is -2.35. The normalized spacial score (nSPS) is 14.1. The fraction of sp³-hybridized carbons (Fsp3) is 0.278. The van der Waals surface area contributed by atoms with E-state index in [2.05, 4.69) is 65.5 Å². The third-order valence-corrected chi connectivity index (χ3v) is 3.77. The summed E-state index contributed by atoms with van der Waals surface area (Å²) in [6.45, 7) is 5.35. The Bertz CT molecular complexity index is 686. The van der Waals surface area contributed by atoms with Crippen molar-refractivity contribution >= 4 is 16.6 Å². The van der Waals surface area contributed by atoms with Crippen LogP contribution in [0.1, 0.15) is 20.3 Å². The van der Waals surface area contributed by atoms with Crippen LogP contribution in [0.15, 0.2) is 60.6 Å². The molecule has 0 atom stereocenters. The first kappa shape index (κ1) is 13.7. The molecular weight excluding hydrogens is 258 g/mol. The van der Waals surface area contributed by atoms with Crippen LogP contribution in [0.3, 0.4) is 0 Å². The molecule has 2 aromatic rings. The second kappa shape index (κ2) is 6.00. The lowest BCUT2D eigenvalue weighted by molar-refractivity contribution is 0.696. The van der Waals surface area contributed by atoms with E-state index < -0.39 is 0 Å². The van der Waals surface area contributed by atoms with Crippen LogP contribution in [-0.4, -0.2) is 17.6 Å². The SMILES string of the molecule is CC(C)N(CC1=CCC=CN1)c1ccc2ncccc2c1. The van der Waals surface area contributed by atoms with Crippen molar-refractivity contribution in [2.75, 3.05) is 11.4 Å². The summed E-state index contributed by atoms with van der Waals surface area (Å²) in [5.74, 6) is 0. The lowest BCUT2D eigenvalue weighted by Gasteiger charge is -2.30. The van der Waals surface area contributed by atoms with Crippen molar-refractivity contribution in [1.29, 1.82) is 0 Å². The van der Waals surface area contributed by atoms with Crippen molar-refractivity contribution in [1.82, 2.24) is 10.3 Å². The summed E-state index contributed by atoms with van der Waals surface area (Å²) in [6.07, 6.45) is 9.25. The molecule has 3 heteroatoms. The van der Waals surface area contributed by atoms with Crippen LogP contribution >= 0.6 is 0 Å². The quantitative estimate of drug-likeness (QED) is 0.921. The third kappa shape index (κ3) is 3.07. The molecule has 1 N–H and O–H groups in total. The Hall–Kier alpha value is -2.29. The zero-order valence-electron chi connectivity index (χ0n) is 12.6. The molecule has 0 bridgehead atoms. The van der Waals surface area contributed by atoms with E-state index in [9.17, 15) is 0 Å². The predicted octanol–water partition coefficient (Wildman–Crippen LogP) is 3.84. The molecule has 0 radical (unpaired) electrons. The number of anilines is 1. The highest BCUT2D eigenvalue weighted by Gasteiger charge is 2.13. The Morgan fingerprint density at radius 2 is 2.19 bits per heavy atom. The first-order chi connectivity index (χ1) is 10.2. The number of rotatable bonds is 4. The van der Waals surface area contributed by atoms with Crippen LogP contribution in [0.2, 0.25) is 0 Å². The van der Waals surface area contributed by atoms with Gasteiger partial charge in [-0.15, -0.1) is 0 Å². The van der Waals surface area contributed by atoms with E-state index in [0.29, 0.717) is 6.04 Å². The maximum Gasteiger partial charge on any atom is 0.0703 e. The minimum absolute atomic E-state index is 0.438. The van der Waals surface area contributed by atoms with Gasteiger partial charge >= 0.3 is 0 Å². The van der Waals surface area contributed by atoms with Crippen molar-refractivity contribution in [2.24, 2.45) is 0 Å². The minimum Gasteiger partial charge on any atom is -0.364 e. The van der Waals surface area contributed by atoms with E-state index in [1.165, 1.54) is 16.8 Å². The Balaban J connectivity index is 1.89. The molecule has 0 fully saturated rings. The highest BCUT2D eigenvalue weighted by molar-refractivity contribution is 5.82. The van der Waals surface area contributed by atoms with E-state index >= 15 is 0 Å². The molecule has 1 aromatic heterocycles. The molecular formula is C18H21N3. The van der Waals surface area contributed by atoms with Gasteiger partial charge in [-0.05, 0) is 50.7 Å². The lowest BCUT2D eigenvalue weighted by atomic mass is 10.1. The number of pyridine rings is 1. The molecule has 108 valence electrons. The van der Waals surface area contributed by atoms with E-state index in [4.69, 9.17) is 0 Å². The number of hydrogen-bond acceptors (Lipinski definition) is 3. The smallest absolute Gasteiger partial charge is 0.0703 e.